The van der Waals surface area contributed by atoms with E-state index >= 15 is 0 Å². The van der Waals surface area contributed by atoms with E-state index in [4.69, 9.17) is 10.5 Å². The Bertz CT molecular complexity index is 499. The van der Waals surface area contributed by atoms with E-state index in [9.17, 15) is 0 Å². The van der Waals surface area contributed by atoms with E-state index in [1.165, 1.54) is 5.56 Å². The van der Waals surface area contributed by atoms with Crippen LogP contribution in [-0.2, 0) is 6.16 Å². The highest BCUT2D eigenvalue weighted by Crippen LogP contribution is 2.25. The van der Waals surface area contributed by atoms with Crippen LogP contribution in [0.2, 0.25) is 0 Å². The first-order chi connectivity index (χ1) is 7.24. The third kappa shape index (κ3) is 1.88. The van der Waals surface area contributed by atoms with Crippen LogP contribution >= 0.6 is 9.24 Å². The van der Waals surface area contributed by atoms with Gasteiger partial charge < -0.3 is 10.5 Å². The predicted molar refractivity (Wildman–Crippen MR) is 66.1 cm³/mol. The van der Waals surface area contributed by atoms with Crippen molar-refractivity contribution in [3.63, 3.8) is 0 Å². The molecule has 0 saturated heterocycles. The van der Waals surface area contributed by atoms with Crippen molar-refractivity contribution in [1.29, 1.82) is 0 Å². The molecule has 2 aromatic rings. The molecule has 3 nitrogen and oxygen atoms in total. The second-order valence-electron chi connectivity index (χ2n) is 3.31. The molecule has 1 aromatic heterocycles. The lowest BCUT2D eigenvalue weighted by atomic mass is 10.1. The summed E-state index contributed by atoms with van der Waals surface area (Å²) in [6.07, 6.45) is 0.920. The van der Waals surface area contributed by atoms with Gasteiger partial charge in [0.05, 0.1) is 12.6 Å². The number of rotatable bonds is 2. The molecule has 0 aliphatic rings. The number of nitrogen functional groups attached to an aromatic ring is 1. The van der Waals surface area contributed by atoms with Crippen molar-refractivity contribution in [2.45, 2.75) is 6.16 Å². The van der Waals surface area contributed by atoms with Gasteiger partial charge in [0.15, 0.2) is 11.6 Å². The quantitative estimate of drug-likeness (QED) is 0.789. The van der Waals surface area contributed by atoms with Gasteiger partial charge >= 0.3 is 0 Å². The number of hydrogen-bond donors (Lipinski definition) is 1. The molecule has 0 aliphatic heterocycles. The van der Waals surface area contributed by atoms with Gasteiger partial charge in [-0.05, 0) is 23.9 Å². The van der Waals surface area contributed by atoms with Gasteiger partial charge in [-0.3, -0.25) is 0 Å². The minimum absolute atomic E-state index is 0.436. The van der Waals surface area contributed by atoms with Gasteiger partial charge in [0.25, 0.3) is 0 Å². The Kier molecular flexibility index (Phi) is 2.74. The highest BCUT2D eigenvalue weighted by molar-refractivity contribution is 7.15. The van der Waals surface area contributed by atoms with Crippen molar-refractivity contribution in [2.75, 3.05) is 12.8 Å². The van der Waals surface area contributed by atoms with Crippen molar-refractivity contribution in [1.82, 2.24) is 4.98 Å². The molecule has 0 aliphatic carbocycles. The van der Waals surface area contributed by atoms with Crippen LogP contribution < -0.4 is 10.5 Å². The molecule has 1 atom stereocenters. The fourth-order valence-electron chi connectivity index (χ4n) is 1.50. The Morgan fingerprint density at radius 3 is 2.87 bits per heavy atom. The number of fused-ring (bicyclic) bond motifs is 1. The summed E-state index contributed by atoms with van der Waals surface area (Å²) >= 11 is 0. The van der Waals surface area contributed by atoms with E-state index in [2.05, 4.69) is 20.3 Å². The molecule has 0 radical (unpaired) electrons. The van der Waals surface area contributed by atoms with Gasteiger partial charge in [-0.25, -0.2) is 4.98 Å². The van der Waals surface area contributed by atoms with E-state index in [-0.39, 0.29) is 0 Å². The molecule has 0 spiro atoms. The molecule has 15 heavy (non-hydrogen) atoms. The van der Waals surface area contributed by atoms with Crippen LogP contribution in [0, 0.1) is 0 Å². The van der Waals surface area contributed by atoms with Gasteiger partial charge in [-0.15, -0.1) is 9.24 Å². The molecular formula is C11H13N2OP. The van der Waals surface area contributed by atoms with Crippen LogP contribution in [0.1, 0.15) is 5.56 Å². The van der Waals surface area contributed by atoms with E-state index < -0.39 is 0 Å². The molecule has 1 aromatic carbocycles. The molecular weight excluding hydrogens is 207 g/mol. The van der Waals surface area contributed by atoms with Crippen LogP contribution in [0.15, 0.2) is 24.3 Å². The first kappa shape index (κ1) is 10.2. The van der Waals surface area contributed by atoms with Gasteiger partial charge in [0, 0.05) is 5.39 Å². The summed E-state index contributed by atoms with van der Waals surface area (Å²) in [7, 11) is 4.28. The number of aromatic nitrogens is 1. The van der Waals surface area contributed by atoms with Crippen LogP contribution in [0.4, 0.5) is 5.82 Å². The number of nitrogens with zero attached hydrogens (tertiary/aromatic N) is 1. The summed E-state index contributed by atoms with van der Waals surface area (Å²) in [6, 6.07) is 8.05. The molecule has 2 N–H and O–H groups in total. The van der Waals surface area contributed by atoms with E-state index in [0.717, 1.165) is 17.1 Å². The lowest BCUT2D eigenvalue weighted by Crippen LogP contribution is -1.96. The lowest BCUT2D eigenvalue weighted by Gasteiger charge is -2.06. The van der Waals surface area contributed by atoms with E-state index in [1.807, 2.05) is 18.2 Å². The molecule has 4 heteroatoms. The summed E-state index contributed by atoms with van der Waals surface area (Å²) in [6.45, 7) is 0. The van der Waals surface area contributed by atoms with Crippen LogP contribution in [0.3, 0.4) is 0 Å². The van der Waals surface area contributed by atoms with Gasteiger partial charge in [-0.1, -0.05) is 12.1 Å². The first-order valence-corrected chi connectivity index (χ1v) is 5.49. The molecule has 2 rings (SSSR count). The summed E-state index contributed by atoms with van der Waals surface area (Å²) < 4.78 is 5.12. The normalized spacial score (nSPS) is 10.5. The Hall–Kier alpha value is -1.34. The number of benzene rings is 1. The van der Waals surface area contributed by atoms with Crippen molar-refractivity contribution in [2.24, 2.45) is 0 Å². The van der Waals surface area contributed by atoms with Crippen molar-refractivity contribution >= 4 is 26.0 Å². The largest absolute Gasteiger partial charge is 0.493 e. The Morgan fingerprint density at radius 2 is 2.20 bits per heavy atom. The fraction of sp³-hybridized carbons (Fsp3) is 0.182. The second kappa shape index (κ2) is 4.03. The molecule has 0 saturated carbocycles. The van der Waals surface area contributed by atoms with Crippen molar-refractivity contribution in [3.8, 4) is 5.75 Å². The second-order valence-corrected chi connectivity index (χ2v) is 3.72. The minimum Gasteiger partial charge on any atom is -0.493 e. The summed E-state index contributed by atoms with van der Waals surface area (Å²) in [5.74, 6) is 1.06. The Balaban J connectivity index is 2.65. The zero-order valence-electron chi connectivity index (χ0n) is 8.53. The molecule has 0 bridgehead atoms. The molecule has 1 heterocycles. The summed E-state index contributed by atoms with van der Waals surface area (Å²) in [5.41, 5.74) is 7.88. The van der Waals surface area contributed by atoms with Crippen LogP contribution in [0.25, 0.3) is 10.9 Å². The van der Waals surface area contributed by atoms with Crippen LogP contribution in [-0.4, -0.2) is 12.1 Å². The van der Waals surface area contributed by atoms with Gasteiger partial charge in [0.2, 0.25) is 0 Å². The van der Waals surface area contributed by atoms with E-state index in [1.54, 1.807) is 7.11 Å². The topological polar surface area (TPSA) is 48.1 Å². The maximum absolute atomic E-state index is 5.75. The monoisotopic (exact) mass is 220 g/mol. The number of ether oxygens (including phenoxy) is 1. The fourth-order valence-corrected chi connectivity index (χ4v) is 1.75. The Morgan fingerprint density at radius 1 is 1.40 bits per heavy atom. The Labute approximate surface area is 90.8 Å². The zero-order valence-corrected chi connectivity index (χ0v) is 9.68. The maximum atomic E-state index is 5.75. The minimum atomic E-state index is 0.436. The average Bonchev–Trinajstić information content (AvgIpc) is 2.27. The standard InChI is InChI=1S/C11H13N2OP/c1-14-10-5-8-3-2-7(6-15)4-9(8)13-11(10)12/h2-5H,6,15H2,1H3,(H2,12,13). The smallest absolute Gasteiger partial charge is 0.166 e. The van der Waals surface area contributed by atoms with E-state index in [0.29, 0.717) is 11.6 Å². The van der Waals surface area contributed by atoms with Crippen molar-refractivity contribution < 1.29 is 4.74 Å². The summed E-state index contributed by atoms with van der Waals surface area (Å²) in [4.78, 5) is 4.30. The number of nitrogens with two attached hydrogens (primary N) is 1. The predicted octanol–water partition coefficient (Wildman–Crippen LogP) is 2.20. The van der Waals surface area contributed by atoms with Crippen molar-refractivity contribution in [3.05, 3.63) is 29.8 Å². The van der Waals surface area contributed by atoms with Gasteiger partial charge in [-0.2, -0.15) is 0 Å². The lowest BCUT2D eigenvalue weighted by molar-refractivity contribution is 0.416. The summed E-state index contributed by atoms with van der Waals surface area (Å²) in [5, 5.41) is 1.04. The molecule has 78 valence electrons. The third-order valence-electron chi connectivity index (χ3n) is 2.33. The average molecular weight is 220 g/mol. The zero-order chi connectivity index (χ0) is 10.8. The first-order valence-electron chi connectivity index (χ1n) is 4.68. The SMILES string of the molecule is COc1cc2ccc(CP)cc2nc1N. The number of hydrogen-bond acceptors (Lipinski definition) is 3. The molecule has 0 amide bonds. The number of methoxy groups -OCH3 is 1. The number of pyridine rings is 1. The molecule has 1 unspecified atom stereocenters. The number of anilines is 1. The van der Waals surface area contributed by atoms with Gasteiger partial charge in [0.1, 0.15) is 0 Å². The molecule has 0 fully saturated rings. The highest BCUT2D eigenvalue weighted by atomic mass is 31.0. The maximum Gasteiger partial charge on any atom is 0.166 e. The van der Waals surface area contributed by atoms with Crippen LogP contribution in [0.5, 0.6) is 5.75 Å². The highest BCUT2D eigenvalue weighted by Gasteiger charge is 2.04. The third-order valence-corrected chi connectivity index (χ3v) is 2.80.